The molecule has 0 saturated carbocycles. The van der Waals surface area contributed by atoms with Crippen LogP contribution in [0.25, 0.3) is 11.0 Å². The standard InChI is InChI=1S/C19H20N2O3/c1-13-8-10-14(11-9-13)24-12-17-20-15-6-4-5-7-16(15)21(17)19(2,3)18(22)23/h4-11H,12H2,1-3H3,(H,22,23). The van der Waals surface area contributed by atoms with Crippen molar-refractivity contribution in [2.24, 2.45) is 0 Å². The van der Waals surface area contributed by atoms with E-state index >= 15 is 0 Å². The third-order valence-corrected chi connectivity index (χ3v) is 4.10. The zero-order valence-electron chi connectivity index (χ0n) is 14.0. The average Bonchev–Trinajstić information content (AvgIpc) is 2.93. The highest BCUT2D eigenvalue weighted by molar-refractivity contribution is 5.82. The lowest BCUT2D eigenvalue weighted by Gasteiger charge is -2.24. The third-order valence-electron chi connectivity index (χ3n) is 4.10. The van der Waals surface area contributed by atoms with Gasteiger partial charge in [-0.25, -0.2) is 9.78 Å². The Kier molecular flexibility index (Phi) is 4.01. The summed E-state index contributed by atoms with van der Waals surface area (Å²) < 4.78 is 7.55. The first-order valence-electron chi connectivity index (χ1n) is 7.79. The maximum absolute atomic E-state index is 11.7. The molecule has 124 valence electrons. The van der Waals surface area contributed by atoms with E-state index in [2.05, 4.69) is 4.98 Å². The van der Waals surface area contributed by atoms with Crippen molar-refractivity contribution in [2.45, 2.75) is 32.9 Å². The van der Waals surface area contributed by atoms with Gasteiger partial charge in [-0.15, -0.1) is 0 Å². The fourth-order valence-electron chi connectivity index (χ4n) is 2.67. The Morgan fingerprint density at radius 3 is 2.50 bits per heavy atom. The van der Waals surface area contributed by atoms with E-state index in [1.165, 1.54) is 0 Å². The number of aromatic nitrogens is 2. The Balaban J connectivity index is 2.00. The Labute approximate surface area is 140 Å². The summed E-state index contributed by atoms with van der Waals surface area (Å²) in [5, 5.41) is 9.62. The second kappa shape index (κ2) is 6.00. The van der Waals surface area contributed by atoms with Crippen LogP contribution in [0.1, 0.15) is 25.2 Å². The number of rotatable bonds is 5. The number of nitrogens with zero attached hydrogens (tertiary/aromatic N) is 2. The van der Waals surface area contributed by atoms with Crippen LogP contribution in [0.3, 0.4) is 0 Å². The minimum Gasteiger partial charge on any atom is -0.486 e. The largest absolute Gasteiger partial charge is 0.486 e. The van der Waals surface area contributed by atoms with Gasteiger partial charge in [-0.3, -0.25) is 0 Å². The molecule has 3 rings (SSSR count). The lowest BCUT2D eigenvalue weighted by molar-refractivity contribution is -0.145. The molecule has 3 aromatic rings. The molecule has 1 N–H and O–H groups in total. The van der Waals surface area contributed by atoms with Gasteiger partial charge < -0.3 is 14.4 Å². The average molecular weight is 324 g/mol. The van der Waals surface area contributed by atoms with E-state index in [9.17, 15) is 9.90 Å². The molecule has 0 aliphatic carbocycles. The van der Waals surface area contributed by atoms with Crippen molar-refractivity contribution in [3.8, 4) is 5.75 Å². The van der Waals surface area contributed by atoms with Crippen molar-refractivity contribution < 1.29 is 14.6 Å². The monoisotopic (exact) mass is 324 g/mol. The first kappa shape index (κ1) is 16.1. The van der Waals surface area contributed by atoms with Crippen LogP contribution in [-0.4, -0.2) is 20.6 Å². The summed E-state index contributed by atoms with van der Waals surface area (Å²) in [6, 6.07) is 15.2. The van der Waals surface area contributed by atoms with E-state index in [4.69, 9.17) is 4.74 Å². The van der Waals surface area contributed by atoms with Crippen molar-refractivity contribution >= 4 is 17.0 Å². The van der Waals surface area contributed by atoms with E-state index in [0.29, 0.717) is 5.82 Å². The predicted molar refractivity (Wildman–Crippen MR) is 92.2 cm³/mol. The first-order valence-corrected chi connectivity index (χ1v) is 7.79. The van der Waals surface area contributed by atoms with Gasteiger partial charge in [-0.1, -0.05) is 29.8 Å². The summed E-state index contributed by atoms with van der Waals surface area (Å²) in [6.07, 6.45) is 0. The highest BCUT2D eigenvalue weighted by Crippen LogP contribution is 2.26. The Morgan fingerprint density at radius 2 is 1.83 bits per heavy atom. The maximum Gasteiger partial charge on any atom is 0.329 e. The van der Waals surface area contributed by atoms with Gasteiger partial charge in [0, 0.05) is 0 Å². The number of aryl methyl sites for hydroxylation is 1. The van der Waals surface area contributed by atoms with Crippen molar-refractivity contribution in [1.29, 1.82) is 0 Å². The predicted octanol–water partition coefficient (Wildman–Crippen LogP) is 3.74. The molecule has 0 radical (unpaired) electrons. The number of fused-ring (bicyclic) bond motifs is 1. The Hall–Kier alpha value is -2.82. The molecule has 0 saturated heterocycles. The number of aliphatic carboxylic acids is 1. The zero-order valence-corrected chi connectivity index (χ0v) is 14.0. The van der Waals surface area contributed by atoms with Gasteiger partial charge in [0.15, 0.2) is 0 Å². The van der Waals surface area contributed by atoms with Crippen LogP contribution >= 0.6 is 0 Å². The van der Waals surface area contributed by atoms with Crippen LogP contribution in [0.4, 0.5) is 0 Å². The van der Waals surface area contributed by atoms with Gasteiger partial charge in [-0.05, 0) is 45.0 Å². The van der Waals surface area contributed by atoms with Crippen LogP contribution in [0.15, 0.2) is 48.5 Å². The normalized spacial score (nSPS) is 11.6. The number of hydrogen-bond donors (Lipinski definition) is 1. The fraction of sp³-hybridized carbons (Fsp3) is 0.263. The van der Waals surface area contributed by atoms with E-state index in [1.54, 1.807) is 18.4 Å². The molecule has 0 aliphatic heterocycles. The summed E-state index contributed by atoms with van der Waals surface area (Å²) in [6.45, 7) is 5.55. The molecule has 0 fully saturated rings. The third kappa shape index (κ3) is 2.85. The number of carboxylic acids is 1. The molecule has 2 aromatic carbocycles. The van der Waals surface area contributed by atoms with E-state index < -0.39 is 11.5 Å². The van der Waals surface area contributed by atoms with Crippen molar-refractivity contribution in [1.82, 2.24) is 9.55 Å². The quantitative estimate of drug-likeness (QED) is 0.776. The lowest BCUT2D eigenvalue weighted by atomic mass is 10.1. The molecule has 0 aliphatic rings. The number of para-hydroxylation sites is 2. The molecule has 24 heavy (non-hydrogen) atoms. The van der Waals surface area contributed by atoms with Gasteiger partial charge >= 0.3 is 5.97 Å². The lowest BCUT2D eigenvalue weighted by Crippen LogP contribution is -2.37. The summed E-state index contributed by atoms with van der Waals surface area (Å²) in [4.78, 5) is 16.3. The van der Waals surface area contributed by atoms with Crippen LogP contribution in [0.5, 0.6) is 5.75 Å². The second-order valence-electron chi connectivity index (χ2n) is 6.32. The summed E-state index contributed by atoms with van der Waals surface area (Å²) in [7, 11) is 0. The number of imidazole rings is 1. The fourth-order valence-corrected chi connectivity index (χ4v) is 2.67. The van der Waals surface area contributed by atoms with Crippen molar-refractivity contribution in [2.75, 3.05) is 0 Å². The highest BCUT2D eigenvalue weighted by Gasteiger charge is 2.33. The molecular weight excluding hydrogens is 304 g/mol. The molecule has 0 unspecified atom stereocenters. The SMILES string of the molecule is Cc1ccc(OCc2nc3ccccc3n2C(C)(C)C(=O)O)cc1. The zero-order chi connectivity index (χ0) is 17.3. The van der Waals surface area contributed by atoms with Gasteiger partial charge in [-0.2, -0.15) is 0 Å². The Morgan fingerprint density at radius 1 is 1.17 bits per heavy atom. The van der Waals surface area contributed by atoms with Gasteiger partial charge in [0.05, 0.1) is 11.0 Å². The number of benzene rings is 2. The number of ether oxygens (including phenoxy) is 1. The van der Waals surface area contributed by atoms with E-state index in [0.717, 1.165) is 22.3 Å². The van der Waals surface area contributed by atoms with Crippen LogP contribution in [0, 0.1) is 6.92 Å². The molecule has 5 nitrogen and oxygen atoms in total. The minimum absolute atomic E-state index is 0.203. The number of carboxylic acid groups (broad SMARTS) is 1. The topological polar surface area (TPSA) is 64.4 Å². The molecule has 1 aromatic heterocycles. The van der Waals surface area contributed by atoms with Crippen molar-refractivity contribution in [3.63, 3.8) is 0 Å². The molecule has 0 atom stereocenters. The minimum atomic E-state index is -1.12. The first-order chi connectivity index (χ1) is 11.4. The highest BCUT2D eigenvalue weighted by atomic mass is 16.5. The second-order valence-corrected chi connectivity index (χ2v) is 6.32. The summed E-state index contributed by atoms with van der Waals surface area (Å²) in [5.74, 6) is 0.402. The van der Waals surface area contributed by atoms with Gasteiger partial charge in [0.25, 0.3) is 0 Å². The molecule has 0 bridgehead atoms. The molecule has 0 spiro atoms. The molecule has 1 heterocycles. The molecule has 0 amide bonds. The van der Waals surface area contributed by atoms with E-state index in [1.807, 2.05) is 55.5 Å². The maximum atomic E-state index is 11.7. The van der Waals surface area contributed by atoms with Crippen LogP contribution in [-0.2, 0) is 16.9 Å². The summed E-state index contributed by atoms with van der Waals surface area (Å²) >= 11 is 0. The van der Waals surface area contributed by atoms with Crippen LogP contribution < -0.4 is 4.74 Å². The van der Waals surface area contributed by atoms with Gasteiger partial charge in [0.2, 0.25) is 0 Å². The van der Waals surface area contributed by atoms with Crippen molar-refractivity contribution in [3.05, 3.63) is 59.9 Å². The van der Waals surface area contributed by atoms with Crippen LogP contribution in [0.2, 0.25) is 0 Å². The number of carbonyl (C=O) groups is 1. The number of hydrogen-bond acceptors (Lipinski definition) is 3. The summed E-state index contributed by atoms with van der Waals surface area (Å²) in [5.41, 5.74) is 1.57. The smallest absolute Gasteiger partial charge is 0.329 e. The Bertz CT molecular complexity index is 879. The molecular formula is C19H20N2O3. The van der Waals surface area contributed by atoms with Gasteiger partial charge in [0.1, 0.15) is 23.7 Å². The molecule has 5 heteroatoms. The van der Waals surface area contributed by atoms with E-state index in [-0.39, 0.29) is 6.61 Å².